The summed E-state index contributed by atoms with van der Waals surface area (Å²) in [7, 11) is 1.78. The molecule has 1 fully saturated rings. The van der Waals surface area contributed by atoms with Gasteiger partial charge in [-0.1, -0.05) is 0 Å². The van der Waals surface area contributed by atoms with Crippen molar-refractivity contribution in [2.75, 3.05) is 20.2 Å². The summed E-state index contributed by atoms with van der Waals surface area (Å²) < 4.78 is 7.39. The summed E-state index contributed by atoms with van der Waals surface area (Å²) in [6.45, 7) is 2.27. The molecule has 0 spiro atoms. The zero-order valence-corrected chi connectivity index (χ0v) is 7.09. The minimum Gasteiger partial charge on any atom is -0.380 e. The smallest absolute Gasteiger partial charge is 0.0718 e. The quantitative estimate of drug-likeness (QED) is 0.490. The van der Waals surface area contributed by atoms with Gasteiger partial charge >= 0.3 is 0 Å². The molecule has 0 aromatic rings. The van der Waals surface area contributed by atoms with Crippen LogP contribution in [0.3, 0.4) is 0 Å². The van der Waals surface area contributed by atoms with Crippen molar-refractivity contribution in [2.24, 2.45) is 0 Å². The Labute approximate surface area is 63.7 Å². The molecule has 48 valence electrons. The largest absolute Gasteiger partial charge is 0.380 e. The molecule has 0 unspecified atom stereocenters. The van der Waals surface area contributed by atoms with Crippen molar-refractivity contribution in [3.63, 3.8) is 0 Å². The lowest BCUT2D eigenvalue weighted by molar-refractivity contribution is 0.116. The number of rotatable bonds is 1. The van der Waals surface area contributed by atoms with Crippen molar-refractivity contribution in [1.29, 1.82) is 0 Å². The van der Waals surface area contributed by atoms with Gasteiger partial charge in [0.1, 0.15) is 0 Å². The highest BCUT2D eigenvalue weighted by Gasteiger charge is 2.18. The van der Waals surface area contributed by atoms with Crippen LogP contribution >= 0.6 is 22.9 Å². The van der Waals surface area contributed by atoms with Gasteiger partial charge in [0.2, 0.25) is 0 Å². The Balaban J connectivity index is 2.22. The third-order valence-corrected chi connectivity index (χ3v) is 2.31. The maximum absolute atomic E-state index is 5.14. The Morgan fingerprint density at radius 3 is 2.75 bits per heavy atom. The zero-order valence-electron chi connectivity index (χ0n) is 4.93. The fourth-order valence-corrected chi connectivity index (χ4v) is 1.60. The maximum atomic E-state index is 5.14. The molecule has 0 aromatic carbocycles. The minimum atomic E-state index is 0.492. The summed E-state index contributed by atoms with van der Waals surface area (Å²) in [5.74, 6) is 0. The second-order valence-corrected chi connectivity index (χ2v) is 3.38. The van der Waals surface area contributed by atoms with Crippen LogP contribution in [0.1, 0.15) is 6.42 Å². The van der Waals surface area contributed by atoms with Crippen molar-refractivity contribution < 1.29 is 4.74 Å². The van der Waals surface area contributed by atoms with E-state index in [-0.39, 0.29) is 0 Å². The van der Waals surface area contributed by atoms with Gasteiger partial charge in [0.25, 0.3) is 0 Å². The first-order valence-corrected chi connectivity index (χ1v) is 3.73. The second kappa shape index (κ2) is 2.98. The summed E-state index contributed by atoms with van der Waals surface area (Å²) in [4.78, 5) is 0. The first-order chi connectivity index (χ1) is 3.83. The Kier molecular flexibility index (Phi) is 2.52. The molecule has 0 bridgehead atoms. The van der Waals surface area contributed by atoms with Crippen LogP contribution in [0, 0.1) is 0 Å². The molecular weight excluding hydrogens is 217 g/mol. The molecule has 0 aromatic heterocycles. The van der Waals surface area contributed by atoms with Crippen LogP contribution in [0.5, 0.6) is 0 Å². The Morgan fingerprint density at radius 2 is 2.50 bits per heavy atom. The first-order valence-electron chi connectivity index (χ1n) is 2.76. The van der Waals surface area contributed by atoms with E-state index in [1.807, 2.05) is 0 Å². The Hall–Kier alpha value is 0.650. The molecule has 8 heavy (non-hydrogen) atoms. The van der Waals surface area contributed by atoms with Crippen molar-refractivity contribution in [2.45, 2.75) is 12.5 Å². The van der Waals surface area contributed by atoms with Crippen molar-refractivity contribution in [3.8, 4) is 0 Å². The third kappa shape index (κ3) is 1.56. The standard InChI is InChI=1S/C5H10INO/c1-8-5-2-3-7(6)4-5/h5H,2-4H2,1H3/t5-/m0/s1. The second-order valence-electron chi connectivity index (χ2n) is 2.02. The van der Waals surface area contributed by atoms with Crippen molar-refractivity contribution >= 4 is 22.9 Å². The lowest BCUT2D eigenvalue weighted by Gasteiger charge is -2.04. The minimum absolute atomic E-state index is 0.492. The van der Waals surface area contributed by atoms with E-state index in [2.05, 4.69) is 26.0 Å². The molecule has 1 aliphatic rings. The zero-order chi connectivity index (χ0) is 5.98. The number of nitrogens with zero attached hydrogens (tertiary/aromatic N) is 1. The number of ether oxygens (including phenoxy) is 1. The SMILES string of the molecule is CO[C@H]1CCN(I)C1. The molecule has 0 amide bonds. The van der Waals surface area contributed by atoms with Crippen LogP contribution in [0.25, 0.3) is 0 Å². The van der Waals surface area contributed by atoms with E-state index in [9.17, 15) is 0 Å². The molecule has 1 atom stereocenters. The predicted octanol–water partition coefficient (Wildman–Crippen LogP) is 1.06. The summed E-state index contributed by atoms with van der Waals surface area (Å²) in [6.07, 6.45) is 1.69. The summed E-state index contributed by atoms with van der Waals surface area (Å²) in [5, 5.41) is 0. The fraction of sp³-hybridized carbons (Fsp3) is 1.00. The average Bonchev–Trinajstić information content (AvgIpc) is 2.14. The highest BCUT2D eigenvalue weighted by atomic mass is 127. The van der Waals surface area contributed by atoms with E-state index >= 15 is 0 Å². The molecule has 3 heteroatoms. The molecule has 0 aliphatic carbocycles. The number of methoxy groups -OCH3 is 1. The average molecular weight is 227 g/mol. The van der Waals surface area contributed by atoms with Crippen LogP contribution in [0.2, 0.25) is 0 Å². The van der Waals surface area contributed by atoms with Gasteiger partial charge in [-0.15, -0.1) is 0 Å². The Bertz CT molecular complexity index is 78.8. The molecule has 1 rings (SSSR count). The molecule has 1 saturated heterocycles. The lowest BCUT2D eigenvalue weighted by atomic mass is 10.3. The highest BCUT2D eigenvalue weighted by Crippen LogP contribution is 2.14. The van der Waals surface area contributed by atoms with Crippen LogP contribution in [0.15, 0.2) is 0 Å². The summed E-state index contributed by atoms with van der Waals surface area (Å²) in [6, 6.07) is 0. The monoisotopic (exact) mass is 227 g/mol. The topological polar surface area (TPSA) is 12.5 Å². The highest BCUT2D eigenvalue weighted by molar-refractivity contribution is 14.1. The first kappa shape index (κ1) is 6.77. The normalized spacial score (nSPS) is 31.5. The van der Waals surface area contributed by atoms with Gasteiger partial charge in [-0.2, -0.15) is 0 Å². The van der Waals surface area contributed by atoms with Crippen LogP contribution in [0.4, 0.5) is 0 Å². The molecule has 0 N–H and O–H groups in total. The van der Waals surface area contributed by atoms with Gasteiger partial charge in [0, 0.05) is 43.1 Å². The van der Waals surface area contributed by atoms with Crippen LogP contribution in [-0.2, 0) is 4.74 Å². The van der Waals surface area contributed by atoms with E-state index in [0.717, 1.165) is 6.54 Å². The number of hydrogen-bond acceptors (Lipinski definition) is 2. The Morgan fingerprint density at radius 1 is 1.75 bits per heavy atom. The van der Waals surface area contributed by atoms with Gasteiger partial charge in [0.15, 0.2) is 0 Å². The molecule has 1 aliphatic heterocycles. The molecule has 0 radical (unpaired) electrons. The van der Waals surface area contributed by atoms with Gasteiger partial charge in [-0.05, 0) is 6.42 Å². The van der Waals surface area contributed by atoms with Crippen LogP contribution < -0.4 is 0 Å². The molecule has 2 nitrogen and oxygen atoms in total. The van der Waals surface area contributed by atoms with Crippen molar-refractivity contribution in [1.82, 2.24) is 3.11 Å². The molecular formula is C5H10INO. The van der Waals surface area contributed by atoms with Crippen LogP contribution in [-0.4, -0.2) is 29.4 Å². The predicted molar refractivity (Wildman–Crippen MR) is 41.0 cm³/mol. The summed E-state index contributed by atoms with van der Waals surface area (Å²) in [5.41, 5.74) is 0. The van der Waals surface area contributed by atoms with E-state index in [1.165, 1.54) is 13.0 Å². The van der Waals surface area contributed by atoms with Crippen molar-refractivity contribution in [3.05, 3.63) is 0 Å². The van der Waals surface area contributed by atoms with Gasteiger partial charge in [-0.25, -0.2) is 3.11 Å². The number of hydrogen-bond donors (Lipinski definition) is 0. The number of halogens is 1. The third-order valence-electron chi connectivity index (χ3n) is 1.43. The lowest BCUT2D eigenvalue weighted by Crippen LogP contribution is -2.12. The van der Waals surface area contributed by atoms with Gasteiger partial charge in [-0.3, -0.25) is 0 Å². The maximum Gasteiger partial charge on any atom is 0.0718 e. The van der Waals surface area contributed by atoms with Gasteiger partial charge in [0.05, 0.1) is 6.10 Å². The molecule has 1 heterocycles. The fourth-order valence-electron chi connectivity index (χ4n) is 0.880. The van der Waals surface area contributed by atoms with E-state index in [1.54, 1.807) is 7.11 Å². The van der Waals surface area contributed by atoms with E-state index in [0.29, 0.717) is 6.10 Å². The van der Waals surface area contributed by atoms with E-state index in [4.69, 9.17) is 4.74 Å². The van der Waals surface area contributed by atoms with E-state index < -0.39 is 0 Å². The van der Waals surface area contributed by atoms with Gasteiger partial charge < -0.3 is 4.74 Å². The summed E-state index contributed by atoms with van der Waals surface area (Å²) >= 11 is 2.32. The molecule has 0 saturated carbocycles.